The van der Waals surface area contributed by atoms with Crippen LogP contribution in [0, 0.1) is 10.1 Å². The average molecular weight is 412 g/mol. The summed E-state index contributed by atoms with van der Waals surface area (Å²) in [6, 6.07) is 17.8. The number of hydrogen-bond donors (Lipinski definition) is 0. The maximum absolute atomic E-state index is 12.5. The second-order valence-corrected chi connectivity index (χ2v) is 7.45. The van der Waals surface area contributed by atoms with Crippen molar-refractivity contribution >= 4 is 35.2 Å². The van der Waals surface area contributed by atoms with Crippen LogP contribution in [0.2, 0.25) is 0 Å². The van der Waals surface area contributed by atoms with Crippen LogP contribution in [-0.4, -0.2) is 16.6 Å². The van der Waals surface area contributed by atoms with Crippen molar-refractivity contribution < 1.29 is 14.5 Å². The smallest absolute Gasteiger partial charge is 0.271 e. The number of carbonyl (C=O) groups excluding carboxylic acids is 2. The Bertz CT molecular complexity index is 1260. The number of hydrogen-bond acceptors (Lipinski definition) is 4. The zero-order chi connectivity index (χ0) is 22.1. The molecule has 4 rings (SSSR count). The number of nitro benzene ring substituents is 1. The zero-order valence-corrected chi connectivity index (χ0v) is 17.2. The van der Waals surface area contributed by atoms with Gasteiger partial charge >= 0.3 is 0 Å². The van der Waals surface area contributed by atoms with Crippen molar-refractivity contribution in [2.75, 3.05) is 4.90 Å². The van der Waals surface area contributed by atoms with Crippen LogP contribution >= 0.6 is 0 Å². The summed E-state index contributed by atoms with van der Waals surface area (Å²) < 4.78 is 0. The predicted molar refractivity (Wildman–Crippen MR) is 121 cm³/mol. The van der Waals surface area contributed by atoms with Crippen LogP contribution in [0.3, 0.4) is 0 Å². The van der Waals surface area contributed by atoms with Crippen molar-refractivity contribution in [1.29, 1.82) is 0 Å². The molecule has 0 radical (unpaired) electrons. The molecular weight excluding hydrogens is 392 g/mol. The molecule has 0 N–H and O–H groups in total. The first-order chi connectivity index (χ1) is 14.8. The van der Waals surface area contributed by atoms with E-state index in [0.29, 0.717) is 11.3 Å². The third-order valence-corrected chi connectivity index (χ3v) is 5.43. The van der Waals surface area contributed by atoms with Crippen molar-refractivity contribution in [2.45, 2.75) is 20.4 Å². The molecule has 0 aromatic heterocycles. The van der Waals surface area contributed by atoms with Crippen LogP contribution in [0.15, 0.2) is 60.7 Å². The van der Waals surface area contributed by atoms with Gasteiger partial charge in [0.25, 0.3) is 5.69 Å². The number of non-ortho nitro benzene ring substituents is 1. The Morgan fingerprint density at radius 1 is 0.935 bits per heavy atom. The SMILES string of the molecule is CC(=O)c1ccccc1-c1ccc2c(c1)CN(C(C)=O)c1cc([N+](=O)[O-])ccc1C=C2. The summed E-state index contributed by atoms with van der Waals surface area (Å²) in [5.41, 5.74) is 5.33. The zero-order valence-electron chi connectivity index (χ0n) is 17.2. The van der Waals surface area contributed by atoms with Gasteiger partial charge in [-0.05, 0) is 46.9 Å². The predicted octanol–water partition coefficient (Wildman–Crippen LogP) is 5.50. The van der Waals surface area contributed by atoms with E-state index in [1.807, 2.05) is 48.6 Å². The van der Waals surface area contributed by atoms with Gasteiger partial charge in [-0.1, -0.05) is 48.6 Å². The number of ketones is 1. The van der Waals surface area contributed by atoms with Crippen LogP contribution in [0.25, 0.3) is 23.3 Å². The number of nitro groups is 1. The summed E-state index contributed by atoms with van der Waals surface area (Å²) in [6.45, 7) is 3.25. The van der Waals surface area contributed by atoms with Gasteiger partial charge in [0.15, 0.2) is 5.78 Å². The van der Waals surface area contributed by atoms with E-state index in [9.17, 15) is 19.7 Å². The summed E-state index contributed by atoms with van der Waals surface area (Å²) in [7, 11) is 0. The van der Waals surface area contributed by atoms with Gasteiger partial charge in [-0.2, -0.15) is 0 Å². The summed E-state index contributed by atoms with van der Waals surface area (Å²) in [6.07, 6.45) is 3.80. The van der Waals surface area contributed by atoms with Crippen LogP contribution in [-0.2, 0) is 11.3 Å². The number of carbonyl (C=O) groups is 2. The molecule has 0 atom stereocenters. The molecule has 3 aromatic rings. The topological polar surface area (TPSA) is 80.5 Å². The van der Waals surface area contributed by atoms with E-state index in [-0.39, 0.29) is 23.9 Å². The lowest BCUT2D eigenvalue weighted by molar-refractivity contribution is -0.384. The molecule has 6 nitrogen and oxygen atoms in total. The third kappa shape index (κ3) is 3.88. The Labute approximate surface area is 179 Å². The number of Topliss-reactive ketones (excluding diaryl/α,β-unsaturated/α-hetero) is 1. The van der Waals surface area contributed by atoms with Gasteiger partial charge < -0.3 is 4.90 Å². The molecule has 0 bridgehead atoms. The highest BCUT2D eigenvalue weighted by Crippen LogP contribution is 2.34. The van der Waals surface area contributed by atoms with E-state index in [1.165, 1.54) is 26.0 Å². The van der Waals surface area contributed by atoms with Gasteiger partial charge in [0, 0.05) is 24.6 Å². The Hall–Kier alpha value is -4.06. The van der Waals surface area contributed by atoms with Crippen LogP contribution in [0.5, 0.6) is 0 Å². The molecule has 1 aliphatic heterocycles. The fourth-order valence-electron chi connectivity index (χ4n) is 3.85. The van der Waals surface area contributed by atoms with Gasteiger partial charge in [0.1, 0.15) is 0 Å². The van der Waals surface area contributed by atoms with Crippen LogP contribution < -0.4 is 4.90 Å². The number of fused-ring (bicyclic) bond motifs is 2. The third-order valence-electron chi connectivity index (χ3n) is 5.43. The fourth-order valence-corrected chi connectivity index (χ4v) is 3.85. The summed E-state index contributed by atoms with van der Waals surface area (Å²) in [5.74, 6) is -0.230. The van der Waals surface area contributed by atoms with Crippen molar-refractivity contribution in [3.63, 3.8) is 0 Å². The average Bonchev–Trinajstić information content (AvgIpc) is 2.74. The molecule has 6 heteroatoms. The monoisotopic (exact) mass is 412 g/mol. The summed E-state index contributed by atoms with van der Waals surface area (Å²) >= 11 is 0. The number of anilines is 1. The van der Waals surface area contributed by atoms with E-state index >= 15 is 0 Å². The van der Waals surface area contributed by atoms with Gasteiger partial charge in [-0.3, -0.25) is 19.7 Å². The van der Waals surface area contributed by atoms with Gasteiger partial charge in [0.2, 0.25) is 5.91 Å². The highest BCUT2D eigenvalue weighted by atomic mass is 16.6. The van der Waals surface area contributed by atoms with Gasteiger partial charge in [-0.15, -0.1) is 0 Å². The lowest BCUT2D eigenvalue weighted by atomic mass is 9.93. The molecule has 0 saturated heterocycles. The molecule has 0 fully saturated rings. The number of nitrogens with zero attached hydrogens (tertiary/aromatic N) is 2. The normalized spacial score (nSPS) is 12.4. The minimum atomic E-state index is -0.466. The molecule has 31 heavy (non-hydrogen) atoms. The number of benzene rings is 3. The van der Waals surface area contributed by atoms with Crippen LogP contribution in [0.1, 0.15) is 40.9 Å². The second kappa shape index (κ2) is 7.99. The van der Waals surface area contributed by atoms with Crippen molar-refractivity contribution in [1.82, 2.24) is 0 Å². The van der Waals surface area contributed by atoms with Crippen LogP contribution in [0.4, 0.5) is 11.4 Å². The minimum Gasteiger partial charge on any atom is -0.307 e. The first-order valence-corrected chi connectivity index (χ1v) is 9.83. The second-order valence-electron chi connectivity index (χ2n) is 7.45. The lowest BCUT2D eigenvalue weighted by Gasteiger charge is -2.26. The molecular formula is C25H20N2O4. The van der Waals surface area contributed by atoms with E-state index in [4.69, 9.17) is 0 Å². The summed E-state index contributed by atoms with van der Waals surface area (Å²) in [4.78, 5) is 36.9. The van der Waals surface area contributed by atoms with E-state index in [1.54, 1.807) is 17.0 Å². The summed E-state index contributed by atoms with van der Waals surface area (Å²) in [5, 5.41) is 11.3. The van der Waals surface area contributed by atoms with E-state index in [0.717, 1.165) is 27.8 Å². The first kappa shape index (κ1) is 20.2. The molecule has 0 unspecified atom stereocenters. The Kier molecular flexibility index (Phi) is 5.21. The Balaban J connectivity index is 1.85. The molecule has 0 saturated carbocycles. The quantitative estimate of drug-likeness (QED) is 0.323. The standard InChI is InChI=1S/C25H20N2O4/c1-16(28)23-5-3-4-6-24(23)20-10-8-18-7-9-19-11-12-22(27(30)31)14-25(19)26(17(2)29)15-21(18)13-20/h3-14H,15H2,1-2H3. The Morgan fingerprint density at radius 3 is 2.35 bits per heavy atom. The molecule has 154 valence electrons. The molecule has 0 aliphatic carbocycles. The largest absolute Gasteiger partial charge is 0.307 e. The van der Waals surface area contributed by atoms with Crippen molar-refractivity contribution in [3.8, 4) is 11.1 Å². The molecule has 1 amide bonds. The molecule has 0 spiro atoms. The number of amides is 1. The van der Waals surface area contributed by atoms with E-state index in [2.05, 4.69) is 0 Å². The van der Waals surface area contributed by atoms with Gasteiger partial charge in [0.05, 0.1) is 17.2 Å². The highest BCUT2D eigenvalue weighted by Gasteiger charge is 2.22. The number of rotatable bonds is 3. The minimum absolute atomic E-state index is 0.0196. The molecule has 1 heterocycles. The lowest BCUT2D eigenvalue weighted by Crippen LogP contribution is -2.29. The maximum atomic E-state index is 12.5. The van der Waals surface area contributed by atoms with E-state index < -0.39 is 4.92 Å². The Morgan fingerprint density at radius 2 is 1.65 bits per heavy atom. The molecule has 1 aliphatic rings. The maximum Gasteiger partial charge on any atom is 0.271 e. The first-order valence-electron chi connectivity index (χ1n) is 9.83. The highest BCUT2D eigenvalue weighted by molar-refractivity contribution is 6.01. The fraction of sp³-hybridized carbons (Fsp3) is 0.120. The molecule has 3 aromatic carbocycles. The van der Waals surface area contributed by atoms with Gasteiger partial charge in [-0.25, -0.2) is 0 Å². The van der Waals surface area contributed by atoms with Crippen molar-refractivity contribution in [2.24, 2.45) is 0 Å². The van der Waals surface area contributed by atoms with Crippen molar-refractivity contribution in [3.05, 3.63) is 93.0 Å².